The number of rotatable bonds is 3. The summed E-state index contributed by atoms with van der Waals surface area (Å²) in [5.41, 5.74) is 0.231. The summed E-state index contributed by atoms with van der Waals surface area (Å²) >= 11 is 0. The van der Waals surface area contributed by atoms with Crippen LogP contribution in [-0.4, -0.2) is 10.6 Å². The van der Waals surface area contributed by atoms with Crippen molar-refractivity contribution in [1.82, 2.24) is 4.98 Å². The first-order valence-corrected chi connectivity index (χ1v) is 7.33. The Labute approximate surface area is 138 Å². The van der Waals surface area contributed by atoms with E-state index in [-0.39, 0.29) is 6.42 Å². The Kier molecular flexibility index (Phi) is 4.83. The van der Waals surface area contributed by atoms with Crippen LogP contribution >= 0.6 is 0 Å². The number of hydrogen-bond donors (Lipinski definition) is 0. The predicted molar refractivity (Wildman–Crippen MR) is 83.6 cm³/mol. The van der Waals surface area contributed by atoms with Crippen LogP contribution in [0, 0.1) is 11.3 Å². The molecule has 3 nitrogen and oxygen atoms in total. The predicted octanol–water partition coefficient (Wildman–Crippen LogP) is 4.74. The SMILES string of the molecule is CC(C)(C)Oc1ccnc(Cc2ccc(C(F)(F)F)cc2)c1C#N. The second-order valence-electron chi connectivity index (χ2n) is 6.33. The third kappa shape index (κ3) is 4.48. The molecule has 2 rings (SSSR count). The zero-order valence-corrected chi connectivity index (χ0v) is 13.6. The van der Waals surface area contributed by atoms with E-state index in [1.165, 1.54) is 18.3 Å². The largest absolute Gasteiger partial charge is 0.487 e. The zero-order chi connectivity index (χ0) is 18.0. The van der Waals surface area contributed by atoms with E-state index in [9.17, 15) is 18.4 Å². The van der Waals surface area contributed by atoms with E-state index in [4.69, 9.17) is 4.74 Å². The van der Waals surface area contributed by atoms with Gasteiger partial charge in [-0.3, -0.25) is 4.98 Å². The molecule has 0 spiro atoms. The van der Waals surface area contributed by atoms with Gasteiger partial charge in [-0.2, -0.15) is 18.4 Å². The second-order valence-corrected chi connectivity index (χ2v) is 6.33. The van der Waals surface area contributed by atoms with Crippen molar-refractivity contribution in [3.05, 3.63) is 58.9 Å². The maximum absolute atomic E-state index is 12.6. The summed E-state index contributed by atoms with van der Waals surface area (Å²) in [5, 5.41) is 9.41. The molecule has 1 heterocycles. The molecular formula is C18H17F3N2O. The highest BCUT2D eigenvalue weighted by Gasteiger charge is 2.30. The highest BCUT2D eigenvalue weighted by Crippen LogP contribution is 2.30. The van der Waals surface area contributed by atoms with Gasteiger partial charge in [-0.15, -0.1) is 0 Å². The number of nitriles is 1. The molecule has 0 aliphatic carbocycles. The van der Waals surface area contributed by atoms with Gasteiger partial charge in [0.05, 0.1) is 11.3 Å². The smallest absolute Gasteiger partial charge is 0.416 e. The van der Waals surface area contributed by atoms with Gasteiger partial charge >= 0.3 is 6.18 Å². The lowest BCUT2D eigenvalue weighted by atomic mass is 10.0. The van der Waals surface area contributed by atoms with Gasteiger partial charge in [0, 0.05) is 12.6 Å². The van der Waals surface area contributed by atoms with Crippen LogP contribution in [0.25, 0.3) is 0 Å². The monoisotopic (exact) mass is 334 g/mol. The molecule has 1 aromatic heterocycles. The van der Waals surface area contributed by atoms with Crippen molar-refractivity contribution in [3.8, 4) is 11.8 Å². The molecule has 0 atom stereocenters. The van der Waals surface area contributed by atoms with Gasteiger partial charge in [0.2, 0.25) is 0 Å². The van der Waals surface area contributed by atoms with E-state index in [1.54, 1.807) is 6.07 Å². The van der Waals surface area contributed by atoms with Crippen molar-refractivity contribution >= 4 is 0 Å². The molecule has 0 aliphatic rings. The molecule has 0 fully saturated rings. The highest BCUT2D eigenvalue weighted by atomic mass is 19.4. The van der Waals surface area contributed by atoms with E-state index in [0.29, 0.717) is 22.6 Å². The van der Waals surface area contributed by atoms with Gasteiger partial charge in [-0.05, 0) is 44.5 Å². The fourth-order valence-corrected chi connectivity index (χ4v) is 2.16. The van der Waals surface area contributed by atoms with Crippen molar-refractivity contribution in [3.63, 3.8) is 0 Å². The molecule has 126 valence electrons. The molecule has 0 bridgehead atoms. The van der Waals surface area contributed by atoms with Gasteiger partial charge in [-0.1, -0.05) is 12.1 Å². The number of ether oxygens (including phenoxy) is 1. The molecule has 0 saturated heterocycles. The van der Waals surface area contributed by atoms with E-state index < -0.39 is 17.3 Å². The maximum Gasteiger partial charge on any atom is 0.416 e. The minimum Gasteiger partial charge on any atom is -0.487 e. The number of halogens is 3. The number of alkyl halides is 3. The third-order valence-electron chi connectivity index (χ3n) is 3.17. The minimum atomic E-state index is -4.37. The lowest BCUT2D eigenvalue weighted by Crippen LogP contribution is -2.23. The molecule has 0 N–H and O–H groups in total. The number of nitrogens with zero attached hydrogens (tertiary/aromatic N) is 2. The molecule has 1 aromatic carbocycles. The average molecular weight is 334 g/mol. The van der Waals surface area contributed by atoms with Crippen molar-refractivity contribution in [2.75, 3.05) is 0 Å². The lowest BCUT2D eigenvalue weighted by molar-refractivity contribution is -0.137. The van der Waals surface area contributed by atoms with Gasteiger partial charge < -0.3 is 4.74 Å². The number of hydrogen-bond acceptors (Lipinski definition) is 3. The van der Waals surface area contributed by atoms with Gasteiger partial charge in [0.1, 0.15) is 23.0 Å². The first-order valence-electron chi connectivity index (χ1n) is 7.33. The number of benzene rings is 1. The van der Waals surface area contributed by atoms with Crippen molar-refractivity contribution in [2.24, 2.45) is 0 Å². The van der Waals surface area contributed by atoms with Crippen LogP contribution in [0.5, 0.6) is 5.75 Å². The summed E-state index contributed by atoms with van der Waals surface area (Å²) in [7, 11) is 0. The number of pyridine rings is 1. The standard InChI is InChI=1S/C18H17F3N2O/c1-17(2,3)24-16-8-9-23-15(14(16)11-22)10-12-4-6-13(7-5-12)18(19,20)21/h4-9H,10H2,1-3H3. The summed E-state index contributed by atoms with van der Waals surface area (Å²) in [4.78, 5) is 4.18. The highest BCUT2D eigenvalue weighted by molar-refractivity contribution is 5.47. The van der Waals surface area contributed by atoms with Crippen LogP contribution in [0.15, 0.2) is 36.5 Å². The number of aromatic nitrogens is 1. The Morgan fingerprint density at radius 1 is 1.08 bits per heavy atom. The molecular weight excluding hydrogens is 317 g/mol. The van der Waals surface area contributed by atoms with Crippen LogP contribution in [0.4, 0.5) is 13.2 Å². The summed E-state index contributed by atoms with van der Waals surface area (Å²) in [6.45, 7) is 5.60. The summed E-state index contributed by atoms with van der Waals surface area (Å²) < 4.78 is 43.6. The van der Waals surface area contributed by atoms with Gasteiger partial charge in [0.25, 0.3) is 0 Å². The first-order chi connectivity index (χ1) is 11.1. The average Bonchev–Trinajstić information content (AvgIpc) is 2.45. The third-order valence-corrected chi connectivity index (χ3v) is 3.17. The molecule has 0 aliphatic heterocycles. The second kappa shape index (κ2) is 6.52. The Morgan fingerprint density at radius 2 is 1.71 bits per heavy atom. The van der Waals surface area contributed by atoms with Crippen LogP contribution in [-0.2, 0) is 12.6 Å². The van der Waals surface area contributed by atoms with Crippen molar-refractivity contribution in [1.29, 1.82) is 5.26 Å². The summed E-state index contributed by atoms with van der Waals surface area (Å²) in [5.74, 6) is 0.418. The molecule has 0 radical (unpaired) electrons. The maximum atomic E-state index is 12.6. The van der Waals surface area contributed by atoms with Gasteiger partial charge in [0.15, 0.2) is 0 Å². The summed E-state index contributed by atoms with van der Waals surface area (Å²) in [6, 6.07) is 8.52. The fraction of sp³-hybridized carbons (Fsp3) is 0.333. The van der Waals surface area contributed by atoms with Crippen molar-refractivity contribution in [2.45, 2.75) is 39.0 Å². The molecule has 0 unspecified atom stereocenters. The van der Waals surface area contributed by atoms with Crippen LogP contribution in [0.2, 0.25) is 0 Å². The fourth-order valence-electron chi connectivity index (χ4n) is 2.16. The molecule has 24 heavy (non-hydrogen) atoms. The van der Waals surface area contributed by atoms with E-state index in [0.717, 1.165) is 12.1 Å². The topological polar surface area (TPSA) is 45.9 Å². The zero-order valence-electron chi connectivity index (χ0n) is 13.6. The first kappa shape index (κ1) is 17.8. The molecule has 2 aromatic rings. The summed E-state index contributed by atoms with van der Waals surface area (Å²) in [6.07, 6.45) is -2.58. The normalized spacial score (nSPS) is 11.9. The van der Waals surface area contributed by atoms with Gasteiger partial charge in [-0.25, -0.2) is 0 Å². The minimum absolute atomic E-state index is 0.252. The lowest BCUT2D eigenvalue weighted by Gasteiger charge is -2.22. The van der Waals surface area contributed by atoms with Crippen LogP contribution < -0.4 is 4.74 Å². The Balaban J connectivity index is 2.30. The Bertz CT molecular complexity index is 754. The van der Waals surface area contributed by atoms with Crippen LogP contribution in [0.1, 0.15) is 43.2 Å². The van der Waals surface area contributed by atoms with E-state index in [2.05, 4.69) is 11.1 Å². The van der Waals surface area contributed by atoms with E-state index >= 15 is 0 Å². The van der Waals surface area contributed by atoms with Crippen LogP contribution in [0.3, 0.4) is 0 Å². The Hall–Kier alpha value is -2.55. The quantitative estimate of drug-likeness (QED) is 0.814. The van der Waals surface area contributed by atoms with E-state index in [1.807, 2.05) is 20.8 Å². The molecule has 6 heteroatoms. The Morgan fingerprint density at radius 3 is 2.21 bits per heavy atom. The molecule has 0 amide bonds. The molecule has 0 saturated carbocycles. The van der Waals surface area contributed by atoms with Crippen molar-refractivity contribution < 1.29 is 17.9 Å².